The van der Waals surface area contributed by atoms with E-state index in [1.807, 2.05) is 12.1 Å². The Morgan fingerprint density at radius 2 is 2.06 bits per heavy atom. The highest BCUT2D eigenvalue weighted by Crippen LogP contribution is 2.25. The monoisotopic (exact) mass is 297 g/mol. The van der Waals surface area contributed by atoms with Gasteiger partial charge in [0.25, 0.3) is 0 Å². The third-order valence-corrected chi connectivity index (χ3v) is 3.86. The molecule has 0 bridgehead atoms. The van der Waals surface area contributed by atoms with Crippen LogP contribution >= 0.6 is 15.9 Å². The SMILES string of the molecule is Oc1cccc(CN(CCBr)C2CCCC2)c1. The van der Waals surface area contributed by atoms with Gasteiger partial charge in [0, 0.05) is 24.5 Å². The molecular formula is C14H20BrNO. The number of benzene rings is 1. The molecule has 0 aliphatic heterocycles. The second-order valence-corrected chi connectivity index (χ2v) is 5.56. The molecule has 0 amide bonds. The smallest absolute Gasteiger partial charge is 0.115 e. The van der Waals surface area contributed by atoms with E-state index < -0.39 is 0 Å². The van der Waals surface area contributed by atoms with Crippen LogP contribution in [0.3, 0.4) is 0 Å². The van der Waals surface area contributed by atoms with Crippen molar-refractivity contribution >= 4 is 15.9 Å². The second kappa shape index (κ2) is 6.41. The molecule has 1 N–H and O–H groups in total. The summed E-state index contributed by atoms with van der Waals surface area (Å²) in [6.45, 7) is 2.03. The molecule has 94 valence electrons. The maximum Gasteiger partial charge on any atom is 0.115 e. The first-order valence-electron chi connectivity index (χ1n) is 6.37. The lowest BCUT2D eigenvalue weighted by atomic mass is 10.1. The van der Waals surface area contributed by atoms with E-state index in [0.717, 1.165) is 24.5 Å². The topological polar surface area (TPSA) is 23.5 Å². The molecule has 1 aromatic rings. The van der Waals surface area contributed by atoms with Crippen LogP contribution in [0.4, 0.5) is 0 Å². The van der Waals surface area contributed by atoms with Crippen molar-refractivity contribution in [2.45, 2.75) is 38.3 Å². The normalized spacial score (nSPS) is 16.8. The molecule has 3 heteroatoms. The third-order valence-electron chi connectivity index (χ3n) is 3.51. The molecule has 0 atom stereocenters. The molecule has 0 radical (unpaired) electrons. The Hall–Kier alpha value is -0.540. The van der Waals surface area contributed by atoms with Gasteiger partial charge in [0.05, 0.1) is 0 Å². The number of phenolic OH excluding ortho intramolecular Hbond substituents is 1. The van der Waals surface area contributed by atoms with Gasteiger partial charge >= 0.3 is 0 Å². The minimum absolute atomic E-state index is 0.368. The van der Waals surface area contributed by atoms with Crippen LogP contribution < -0.4 is 0 Å². The van der Waals surface area contributed by atoms with Crippen LogP contribution in [0.1, 0.15) is 31.2 Å². The van der Waals surface area contributed by atoms with Crippen molar-refractivity contribution in [2.75, 3.05) is 11.9 Å². The van der Waals surface area contributed by atoms with Gasteiger partial charge in [-0.25, -0.2) is 0 Å². The average molecular weight is 298 g/mol. The van der Waals surface area contributed by atoms with Crippen molar-refractivity contribution in [2.24, 2.45) is 0 Å². The summed E-state index contributed by atoms with van der Waals surface area (Å²) in [7, 11) is 0. The Morgan fingerprint density at radius 1 is 1.29 bits per heavy atom. The summed E-state index contributed by atoms with van der Waals surface area (Å²) in [4.78, 5) is 2.54. The predicted octanol–water partition coefficient (Wildman–Crippen LogP) is 3.53. The first kappa shape index (κ1) is 12.9. The number of aromatic hydroxyl groups is 1. The molecule has 1 saturated carbocycles. The quantitative estimate of drug-likeness (QED) is 0.841. The lowest BCUT2D eigenvalue weighted by molar-refractivity contribution is 0.202. The first-order valence-corrected chi connectivity index (χ1v) is 7.49. The summed E-state index contributed by atoms with van der Waals surface area (Å²) in [6.07, 6.45) is 5.38. The van der Waals surface area contributed by atoms with Crippen LogP contribution in [0.2, 0.25) is 0 Å². The molecule has 2 rings (SSSR count). The maximum atomic E-state index is 9.49. The molecule has 1 aliphatic rings. The fourth-order valence-electron chi connectivity index (χ4n) is 2.66. The Bertz CT molecular complexity index is 350. The third kappa shape index (κ3) is 3.71. The minimum atomic E-state index is 0.368. The van der Waals surface area contributed by atoms with Gasteiger partial charge in [0.15, 0.2) is 0 Å². The van der Waals surface area contributed by atoms with Crippen molar-refractivity contribution in [1.29, 1.82) is 0 Å². The van der Waals surface area contributed by atoms with E-state index in [-0.39, 0.29) is 0 Å². The summed E-state index contributed by atoms with van der Waals surface area (Å²) >= 11 is 3.53. The van der Waals surface area contributed by atoms with E-state index >= 15 is 0 Å². The molecule has 0 heterocycles. The number of halogens is 1. The zero-order chi connectivity index (χ0) is 12.1. The van der Waals surface area contributed by atoms with Crippen LogP contribution in [0, 0.1) is 0 Å². The van der Waals surface area contributed by atoms with Gasteiger partial charge in [-0.3, -0.25) is 4.90 Å². The summed E-state index contributed by atoms with van der Waals surface area (Å²) in [5.41, 5.74) is 1.21. The van der Waals surface area contributed by atoms with Gasteiger partial charge in [-0.15, -0.1) is 0 Å². The summed E-state index contributed by atoms with van der Waals surface area (Å²) < 4.78 is 0. The number of alkyl halides is 1. The Labute approximate surface area is 112 Å². The van der Waals surface area contributed by atoms with E-state index in [1.165, 1.54) is 31.2 Å². The van der Waals surface area contributed by atoms with Crippen LogP contribution in [-0.4, -0.2) is 27.9 Å². The number of phenols is 1. The fraction of sp³-hybridized carbons (Fsp3) is 0.571. The zero-order valence-corrected chi connectivity index (χ0v) is 11.7. The molecule has 0 spiro atoms. The zero-order valence-electron chi connectivity index (χ0n) is 10.1. The summed E-state index contributed by atoms with van der Waals surface area (Å²) in [6, 6.07) is 8.35. The maximum absolute atomic E-state index is 9.49. The molecule has 17 heavy (non-hydrogen) atoms. The molecule has 2 nitrogen and oxygen atoms in total. The van der Waals surface area contributed by atoms with Gasteiger partial charge in [0.1, 0.15) is 5.75 Å². The highest BCUT2D eigenvalue weighted by Gasteiger charge is 2.21. The number of rotatable bonds is 5. The van der Waals surface area contributed by atoms with Gasteiger partial charge < -0.3 is 5.11 Å². The molecule has 0 saturated heterocycles. The molecule has 0 aromatic heterocycles. The van der Waals surface area contributed by atoms with Crippen LogP contribution in [0.5, 0.6) is 5.75 Å². The van der Waals surface area contributed by atoms with Crippen molar-refractivity contribution in [3.63, 3.8) is 0 Å². The van der Waals surface area contributed by atoms with Crippen LogP contribution in [0.25, 0.3) is 0 Å². The highest BCUT2D eigenvalue weighted by atomic mass is 79.9. The van der Waals surface area contributed by atoms with Crippen LogP contribution in [0.15, 0.2) is 24.3 Å². The van der Waals surface area contributed by atoms with Crippen molar-refractivity contribution in [1.82, 2.24) is 4.90 Å². The van der Waals surface area contributed by atoms with Crippen LogP contribution in [-0.2, 0) is 6.54 Å². The minimum Gasteiger partial charge on any atom is -0.508 e. The second-order valence-electron chi connectivity index (χ2n) is 4.77. The summed E-state index contributed by atoms with van der Waals surface area (Å²) in [5.74, 6) is 0.368. The molecule has 1 aromatic carbocycles. The Morgan fingerprint density at radius 3 is 2.71 bits per heavy atom. The van der Waals surface area contributed by atoms with E-state index in [0.29, 0.717) is 5.75 Å². The standard InChI is InChI=1S/C14H20BrNO/c15-8-9-16(13-5-1-2-6-13)11-12-4-3-7-14(17)10-12/h3-4,7,10,13,17H,1-2,5-6,8-9,11H2. The lowest BCUT2D eigenvalue weighted by Crippen LogP contribution is -2.34. The number of hydrogen-bond acceptors (Lipinski definition) is 2. The Balaban J connectivity index is 2.01. The molecule has 1 fully saturated rings. The largest absolute Gasteiger partial charge is 0.508 e. The van der Waals surface area contributed by atoms with Crippen molar-refractivity contribution in [3.8, 4) is 5.75 Å². The average Bonchev–Trinajstić information content (AvgIpc) is 2.82. The first-order chi connectivity index (χ1) is 8.29. The summed E-state index contributed by atoms with van der Waals surface area (Å²) in [5, 5.41) is 10.5. The van der Waals surface area contributed by atoms with E-state index in [1.54, 1.807) is 6.07 Å². The van der Waals surface area contributed by atoms with Gasteiger partial charge in [-0.1, -0.05) is 40.9 Å². The number of hydrogen-bond donors (Lipinski definition) is 1. The van der Waals surface area contributed by atoms with Gasteiger partial charge in [-0.2, -0.15) is 0 Å². The van der Waals surface area contributed by atoms with E-state index in [2.05, 4.69) is 26.9 Å². The predicted molar refractivity (Wildman–Crippen MR) is 74.6 cm³/mol. The van der Waals surface area contributed by atoms with Gasteiger partial charge in [-0.05, 0) is 30.5 Å². The van der Waals surface area contributed by atoms with Crippen molar-refractivity contribution in [3.05, 3.63) is 29.8 Å². The lowest BCUT2D eigenvalue weighted by Gasteiger charge is -2.28. The van der Waals surface area contributed by atoms with Crippen molar-refractivity contribution < 1.29 is 5.11 Å². The molecular weight excluding hydrogens is 278 g/mol. The van der Waals surface area contributed by atoms with E-state index in [4.69, 9.17) is 0 Å². The molecule has 1 aliphatic carbocycles. The Kier molecular flexibility index (Phi) is 4.86. The van der Waals surface area contributed by atoms with Gasteiger partial charge in [0.2, 0.25) is 0 Å². The fourth-order valence-corrected chi connectivity index (χ4v) is 3.11. The highest BCUT2D eigenvalue weighted by molar-refractivity contribution is 9.09. The molecule has 0 unspecified atom stereocenters. The van der Waals surface area contributed by atoms with E-state index in [9.17, 15) is 5.11 Å². The number of nitrogens with zero attached hydrogens (tertiary/aromatic N) is 1.